The molecule has 0 aliphatic heterocycles. The average Bonchev–Trinajstić information content (AvgIpc) is 2.76. The maximum absolute atomic E-state index is 8.91. The molecule has 2 aromatic rings. The molecule has 0 aliphatic rings. The number of nitrogens with one attached hydrogen (secondary N) is 1. The monoisotopic (exact) mass is 273 g/mol. The maximum Gasteiger partial charge on any atom is 0.120 e. The van der Waals surface area contributed by atoms with Crippen molar-refractivity contribution < 1.29 is 0 Å². The zero-order valence-corrected chi connectivity index (χ0v) is 11.8. The molecule has 1 atom stereocenters. The Morgan fingerprint density at radius 3 is 2.84 bits per heavy atom. The molecule has 0 radical (unpaired) electrons. The largest absolute Gasteiger partial charge is 0.342 e. The first-order chi connectivity index (χ1) is 9.10. The van der Waals surface area contributed by atoms with Crippen LogP contribution >= 0.6 is 11.6 Å². The first-order valence-electron chi connectivity index (χ1n) is 6.14. The van der Waals surface area contributed by atoms with Gasteiger partial charge in [-0.25, -0.2) is 0 Å². The molecule has 0 fully saturated rings. The van der Waals surface area contributed by atoms with Crippen molar-refractivity contribution in [2.45, 2.75) is 19.5 Å². The van der Waals surface area contributed by atoms with E-state index in [1.165, 1.54) is 0 Å². The number of hydrogen-bond donors (Lipinski definition) is 1. The van der Waals surface area contributed by atoms with Crippen molar-refractivity contribution >= 4 is 11.6 Å². The van der Waals surface area contributed by atoms with Gasteiger partial charge >= 0.3 is 0 Å². The van der Waals surface area contributed by atoms with Crippen molar-refractivity contribution in [1.29, 1.82) is 5.26 Å². The van der Waals surface area contributed by atoms with E-state index in [4.69, 9.17) is 16.9 Å². The maximum atomic E-state index is 8.91. The smallest absolute Gasteiger partial charge is 0.120 e. The van der Waals surface area contributed by atoms with E-state index in [2.05, 4.69) is 24.4 Å². The second kappa shape index (κ2) is 5.92. The van der Waals surface area contributed by atoms with Crippen molar-refractivity contribution in [3.05, 3.63) is 58.4 Å². The standard InChI is InChI=1S/C15H16ClN3/c1-11(13-4-3-5-14(16)7-13)18-9-12-6-15(8-17)19(2)10-12/h3-7,10-11,18H,9H2,1-2H3/t11-/m1/s1. The van der Waals surface area contributed by atoms with Gasteiger partial charge in [0.1, 0.15) is 11.8 Å². The van der Waals surface area contributed by atoms with Crippen molar-refractivity contribution in [3.63, 3.8) is 0 Å². The van der Waals surface area contributed by atoms with E-state index in [9.17, 15) is 0 Å². The van der Waals surface area contributed by atoms with Crippen LogP contribution in [0.1, 0.15) is 29.8 Å². The molecular weight excluding hydrogens is 258 g/mol. The topological polar surface area (TPSA) is 40.8 Å². The van der Waals surface area contributed by atoms with Gasteiger partial charge in [0.05, 0.1) is 0 Å². The molecule has 3 nitrogen and oxygen atoms in total. The van der Waals surface area contributed by atoms with E-state index < -0.39 is 0 Å². The Balaban J connectivity index is 2.00. The Kier molecular flexibility index (Phi) is 4.26. The lowest BCUT2D eigenvalue weighted by Crippen LogP contribution is -2.17. The fourth-order valence-corrected chi connectivity index (χ4v) is 2.20. The lowest BCUT2D eigenvalue weighted by atomic mass is 10.1. The van der Waals surface area contributed by atoms with Gasteiger partial charge in [-0.2, -0.15) is 5.26 Å². The quantitative estimate of drug-likeness (QED) is 0.927. The zero-order chi connectivity index (χ0) is 13.8. The summed E-state index contributed by atoms with van der Waals surface area (Å²) in [7, 11) is 1.88. The first-order valence-corrected chi connectivity index (χ1v) is 6.52. The van der Waals surface area contributed by atoms with Crippen molar-refractivity contribution in [3.8, 4) is 6.07 Å². The molecule has 0 unspecified atom stereocenters. The van der Waals surface area contributed by atoms with Gasteiger partial charge in [0.2, 0.25) is 0 Å². The van der Waals surface area contributed by atoms with E-state index in [0.29, 0.717) is 5.69 Å². The normalized spacial score (nSPS) is 12.1. The van der Waals surface area contributed by atoms with Gasteiger partial charge < -0.3 is 9.88 Å². The summed E-state index contributed by atoms with van der Waals surface area (Å²) in [6.07, 6.45) is 1.97. The summed E-state index contributed by atoms with van der Waals surface area (Å²) >= 11 is 5.98. The molecule has 0 bridgehead atoms. The Morgan fingerprint density at radius 2 is 2.21 bits per heavy atom. The van der Waals surface area contributed by atoms with Crippen LogP contribution in [0.3, 0.4) is 0 Å². The molecule has 2 rings (SSSR count). The fraction of sp³-hybridized carbons (Fsp3) is 0.267. The van der Waals surface area contributed by atoms with Crippen LogP contribution in [0.15, 0.2) is 36.5 Å². The second-order valence-corrected chi connectivity index (χ2v) is 5.05. The highest BCUT2D eigenvalue weighted by Crippen LogP contribution is 2.18. The van der Waals surface area contributed by atoms with Gasteiger partial charge in [0.25, 0.3) is 0 Å². The summed E-state index contributed by atoms with van der Waals surface area (Å²) in [4.78, 5) is 0. The average molecular weight is 274 g/mol. The van der Waals surface area contributed by atoms with Crippen molar-refractivity contribution in [2.24, 2.45) is 7.05 Å². The molecule has 1 aromatic carbocycles. The third-order valence-electron chi connectivity index (χ3n) is 3.14. The highest BCUT2D eigenvalue weighted by atomic mass is 35.5. The van der Waals surface area contributed by atoms with Gasteiger partial charge in [0.15, 0.2) is 0 Å². The van der Waals surface area contributed by atoms with Gasteiger partial charge in [-0.1, -0.05) is 23.7 Å². The highest BCUT2D eigenvalue weighted by molar-refractivity contribution is 6.30. The molecule has 4 heteroatoms. The van der Waals surface area contributed by atoms with Gasteiger partial charge in [-0.05, 0) is 36.2 Å². The summed E-state index contributed by atoms with van der Waals surface area (Å²) in [6, 6.07) is 12.1. The minimum absolute atomic E-state index is 0.212. The molecule has 0 saturated heterocycles. The molecular formula is C15H16ClN3. The number of aromatic nitrogens is 1. The van der Waals surface area contributed by atoms with Crippen LogP contribution in [0.4, 0.5) is 0 Å². The van der Waals surface area contributed by atoms with Gasteiger partial charge in [-0.15, -0.1) is 0 Å². The number of nitrogens with zero attached hydrogens (tertiary/aromatic N) is 2. The molecule has 98 valence electrons. The van der Waals surface area contributed by atoms with Crippen LogP contribution in [0.2, 0.25) is 5.02 Å². The summed E-state index contributed by atoms with van der Waals surface area (Å²) in [5.41, 5.74) is 2.93. The SMILES string of the molecule is C[C@@H](NCc1cc(C#N)n(C)c1)c1cccc(Cl)c1. The van der Waals surface area contributed by atoms with E-state index in [0.717, 1.165) is 22.7 Å². The molecule has 1 N–H and O–H groups in total. The van der Waals surface area contributed by atoms with Crippen molar-refractivity contribution in [2.75, 3.05) is 0 Å². The molecule has 1 heterocycles. The molecule has 1 aromatic heterocycles. The lowest BCUT2D eigenvalue weighted by Gasteiger charge is -2.13. The van der Waals surface area contributed by atoms with Crippen LogP contribution in [-0.4, -0.2) is 4.57 Å². The third-order valence-corrected chi connectivity index (χ3v) is 3.37. The number of halogens is 1. The third kappa shape index (κ3) is 3.37. The number of hydrogen-bond acceptors (Lipinski definition) is 2. The molecule has 19 heavy (non-hydrogen) atoms. The van der Waals surface area contributed by atoms with Crippen LogP contribution in [0.5, 0.6) is 0 Å². The Morgan fingerprint density at radius 1 is 1.42 bits per heavy atom. The van der Waals surface area contributed by atoms with Gasteiger partial charge in [0, 0.05) is 30.9 Å². The van der Waals surface area contributed by atoms with E-state index in [-0.39, 0.29) is 6.04 Å². The minimum atomic E-state index is 0.212. The van der Waals surface area contributed by atoms with E-state index in [1.807, 2.05) is 42.1 Å². The number of rotatable bonds is 4. The molecule has 0 aliphatic carbocycles. The summed E-state index contributed by atoms with van der Waals surface area (Å²) in [6.45, 7) is 2.82. The summed E-state index contributed by atoms with van der Waals surface area (Å²) in [5.74, 6) is 0. The van der Waals surface area contributed by atoms with Crippen molar-refractivity contribution in [1.82, 2.24) is 9.88 Å². The van der Waals surface area contributed by atoms with Gasteiger partial charge in [-0.3, -0.25) is 0 Å². The highest BCUT2D eigenvalue weighted by Gasteiger charge is 2.07. The second-order valence-electron chi connectivity index (χ2n) is 4.61. The summed E-state index contributed by atoms with van der Waals surface area (Å²) < 4.78 is 1.83. The van der Waals surface area contributed by atoms with E-state index in [1.54, 1.807) is 0 Å². The molecule has 0 amide bonds. The Labute approximate surface area is 118 Å². The molecule has 0 saturated carbocycles. The number of nitriles is 1. The van der Waals surface area contributed by atoms with Crippen LogP contribution < -0.4 is 5.32 Å². The minimum Gasteiger partial charge on any atom is -0.342 e. The Bertz CT molecular complexity index is 610. The number of benzene rings is 1. The van der Waals surface area contributed by atoms with Crippen LogP contribution in [0.25, 0.3) is 0 Å². The molecule has 0 spiro atoms. The van der Waals surface area contributed by atoms with Crippen LogP contribution in [-0.2, 0) is 13.6 Å². The predicted molar refractivity (Wildman–Crippen MR) is 76.8 cm³/mol. The Hall–Kier alpha value is -1.76. The zero-order valence-electron chi connectivity index (χ0n) is 11.0. The fourth-order valence-electron chi connectivity index (χ4n) is 2.01. The number of aryl methyl sites for hydroxylation is 1. The lowest BCUT2D eigenvalue weighted by molar-refractivity contribution is 0.574. The van der Waals surface area contributed by atoms with Crippen LogP contribution in [0, 0.1) is 11.3 Å². The first kappa shape index (κ1) is 13.7. The summed E-state index contributed by atoms with van der Waals surface area (Å²) in [5, 5.41) is 13.1. The predicted octanol–water partition coefficient (Wildman–Crippen LogP) is 3.40. The van der Waals surface area contributed by atoms with E-state index >= 15 is 0 Å².